The van der Waals surface area contributed by atoms with Crippen molar-refractivity contribution in [2.24, 2.45) is 0 Å². The maximum Gasteiger partial charge on any atom is 0.137 e. The molecular weight excluding hydrogens is 853 g/mol. The van der Waals surface area contributed by atoms with Crippen LogP contribution in [0.15, 0.2) is 231 Å². The SMILES string of the molecule is Cc1cc(-n2c3ccc(-c4ccccc4)cc3c3ccc(Oc4cc(N5CN(c6c(-c7ccccc7)cccc6-c6ccccc6)c6ccccc65)cc(C(C)(C)C)c4)cc32)ncc1-c1ccccc1. The first-order valence-corrected chi connectivity index (χ1v) is 24.1. The van der Waals surface area contributed by atoms with E-state index in [9.17, 15) is 0 Å². The van der Waals surface area contributed by atoms with Crippen molar-refractivity contribution >= 4 is 44.6 Å². The van der Waals surface area contributed by atoms with E-state index in [0.717, 1.165) is 72.9 Å². The molecule has 5 heteroatoms. The molecule has 3 heterocycles. The largest absolute Gasteiger partial charge is 0.457 e. The molecule has 0 aliphatic carbocycles. The van der Waals surface area contributed by atoms with E-state index in [4.69, 9.17) is 9.72 Å². The number of pyridine rings is 1. The van der Waals surface area contributed by atoms with Crippen LogP contribution in [0.4, 0.5) is 22.7 Å². The highest BCUT2D eigenvalue weighted by Crippen LogP contribution is 2.51. The minimum Gasteiger partial charge on any atom is -0.457 e. The number of benzene rings is 9. The van der Waals surface area contributed by atoms with Crippen LogP contribution in [0.1, 0.15) is 31.9 Å². The second-order valence-electron chi connectivity index (χ2n) is 19.3. The maximum absolute atomic E-state index is 7.08. The smallest absolute Gasteiger partial charge is 0.137 e. The summed E-state index contributed by atoms with van der Waals surface area (Å²) < 4.78 is 9.37. The third kappa shape index (κ3) is 7.76. The number of aromatic nitrogens is 2. The summed E-state index contributed by atoms with van der Waals surface area (Å²) >= 11 is 0. The lowest BCUT2D eigenvalue weighted by atomic mass is 9.86. The molecule has 11 aromatic rings. The van der Waals surface area contributed by atoms with Crippen LogP contribution in [0.25, 0.3) is 72.1 Å². The Kier molecular flexibility index (Phi) is 10.6. The summed E-state index contributed by atoms with van der Waals surface area (Å²) in [5, 5.41) is 2.29. The van der Waals surface area contributed by atoms with Crippen LogP contribution in [-0.2, 0) is 5.41 Å². The van der Waals surface area contributed by atoms with Gasteiger partial charge < -0.3 is 14.5 Å². The summed E-state index contributed by atoms with van der Waals surface area (Å²) in [5.74, 6) is 2.39. The fraction of sp³-hybridized carbons (Fsp3) is 0.0923. The number of aryl methyl sites for hydroxylation is 1. The van der Waals surface area contributed by atoms with Crippen LogP contribution in [0.3, 0.4) is 0 Å². The molecule has 70 heavy (non-hydrogen) atoms. The van der Waals surface area contributed by atoms with Crippen molar-refractivity contribution in [2.45, 2.75) is 33.1 Å². The first kappa shape index (κ1) is 42.7. The molecule has 0 N–H and O–H groups in total. The number of para-hydroxylation sites is 3. The van der Waals surface area contributed by atoms with Gasteiger partial charge in [0.05, 0.1) is 28.1 Å². The van der Waals surface area contributed by atoms with Gasteiger partial charge >= 0.3 is 0 Å². The lowest BCUT2D eigenvalue weighted by Gasteiger charge is -2.28. The molecule has 1 aliphatic rings. The molecule has 12 rings (SSSR count). The third-order valence-corrected chi connectivity index (χ3v) is 13.8. The van der Waals surface area contributed by atoms with Crippen LogP contribution >= 0.6 is 0 Å². The van der Waals surface area contributed by atoms with Crippen molar-refractivity contribution in [3.05, 3.63) is 242 Å². The second kappa shape index (κ2) is 17.4. The van der Waals surface area contributed by atoms with E-state index >= 15 is 0 Å². The molecule has 0 saturated carbocycles. The molecule has 2 aromatic heterocycles. The Balaban J connectivity index is 0.972. The Morgan fingerprint density at radius 3 is 1.64 bits per heavy atom. The molecule has 0 bridgehead atoms. The van der Waals surface area contributed by atoms with Gasteiger partial charge in [-0.2, -0.15) is 0 Å². The fourth-order valence-electron chi connectivity index (χ4n) is 10.2. The molecule has 338 valence electrons. The summed E-state index contributed by atoms with van der Waals surface area (Å²) in [6.07, 6.45) is 2.01. The summed E-state index contributed by atoms with van der Waals surface area (Å²) in [5.41, 5.74) is 18.2. The zero-order valence-corrected chi connectivity index (χ0v) is 39.8. The first-order valence-electron chi connectivity index (χ1n) is 24.1. The summed E-state index contributed by atoms with van der Waals surface area (Å²) in [4.78, 5) is 10.1. The Morgan fingerprint density at radius 1 is 0.443 bits per heavy atom. The van der Waals surface area contributed by atoms with Crippen LogP contribution in [-0.4, -0.2) is 16.2 Å². The number of hydrogen-bond acceptors (Lipinski definition) is 4. The molecule has 0 amide bonds. The van der Waals surface area contributed by atoms with E-state index < -0.39 is 0 Å². The minimum absolute atomic E-state index is 0.157. The van der Waals surface area contributed by atoms with Gasteiger partial charge in [-0.25, -0.2) is 4.98 Å². The number of anilines is 4. The van der Waals surface area contributed by atoms with E-state index in [2.05, 4.69) is 267 Å². The van der Waals surface area contributed by atoms with E-state index in [1.54, 1.807) is 0 Å². The zero-order valence-electron chi connectivity index (χ0n) is 39.8. The molecule has 0 atom stereocenters. The highest BCUT2D eigenvalue weighted by Gasteiger charge is 2.32. The molecule has 0 saturated heterocycles. The van der Waals surface area contributed by atoms with Crippen molar-refractivity contribution in [3.63, 3.8) is 0 Å². The van der Waals surface area contributed by atoms with Gasteiger partial charge in [0.2, 0.25) is 0 Å². The van der Waals surface area contributed by atoms with Gasteiger partial charge in [-0.1, -0.05) is 178 Å². The molecular formula is C65H52N4O. The molecule has 9 aromatic carbocycles. The van der Waals surface area contributed by atoms with E-state index in [-0.39, 0.29) is 5.41 Å². The van der Waals surface area contributed by atoms with Gasteiger partial charge in [0.25, 0.3) is 0 Å². The molecule has 0 unspecified atom stereocenters. The maximum atomic E-state index is 7.08. The highest BCUT2D eigenvalue weighted by molar-refractivity contribution is 6.11. The molecule has 0 fully saturated rings. The average Bonchev–Trinajstić information content (AvgIpc) is 3.95. The molecule has 5 nitrogen and oxygen atoms in total. The minimum atomic E-state index is -0.157. The Morgan fingerprint density at radius 2 is 1.03 bits per heavy atom. The predicted molar refractivity (Wildman–Crippen MR) is 292 cm³/mol. The summed E-state index contributed by atoms with van der Waals surface area (Å²) in [7, 11) is 0. The van der Waals surface area contributed by atoms with Crippen molar-refractivity contribution in [2.75, 3.05) is 16.5 Å². The van der Waals surface area contributed by atoms with Crippen molar-refractivity contribution < 1.29 is 4.74 Å². The van der Waals surface area contributed by atoms with Crippen molar-refractivity contribution in [1.82, 2.24) is 9.55 Å². The number of ether oxygens (including phenoxy) is 1. The lowest BCUT2D eigenvalue weighted by Crippen LogP contribution is -2.25. The van der Waals surface area contributed by atoms with Gasteiger partial charge in [-0.15, -0.1) is 0 Å². The van der Waals surface area contributed by atoms with E-state index in [1.165, 1.54) is 44.6 Å². The molecule has 1 aliphatic heterocycles. The average molecular weight is 905 g/mol. The Bertz CT molecular complexity index is 3650. The van der Waals surface area contributed by atoms with Crippen LogP contribution in [0.2, 0.25) is 0 Å². The lowest BCUT2D eigenvalue weighted by molar-refractivity contribution is 0.479. The highest BCUT2D eigenvalue weighted by atomic mass is 16.5. The van der Waals surface area contributed by atoms with E-state index in [0.29, 0.717) is 6.67 Å². The van der Waals surface area contributed by atoms with Crippen molar-refractivity contribution in [1.29, 1.82) is 0 Å². The number of nitrogens with zero attached hydrogens (tertiary/aromatic N) is 4. The number of rotatable bonds is 9. The zero-order chi connectivity index (χ0) is 47.3. The standard InChI is InChI=1S/C65H52N4O/c1-44-36-63(66-42-58(44)48-26-15-8-16-27-48)69-59-35-32-49(45-20-9-5-10-21-45)37-57(59)56-34-33-52(41-62(56)69)70-53-39-50(65(2,3)4)38-51(40-53)67-43-68(61-31-18-17-30-60(61)67)64-54(46-22-11-6-12-23-46)28-19-29-55(64)47-24-13-7-14-25-47/h5-42H,43H2,1-4H3. The molecule has 0 spiro atoms. The van der Waals surface area contributed by atoms with Gasteiger partial charge in [0.15, 0.2) is 0 Å². The topological polar surface area (TPSA) is 33.5 Å². The van der Waals surface area contributed by atoms with Gasteiger partial charge in [-0.3, -0.25) is 4.57 Å². The summed E-state index contributed by atoms with van der Waals surface area (Å²) in [6, 6.07) is 80.3. The second-order valence-corrected chi connectivity index (χ2v) is 19.3. The Labute approximate surface area is 410 Å². The van der Waals surface area contributed by atoms with Crippen LogP contribution in [0, 0.1) is 6.92 Å². The van der Waals surface area contributed by atoms with Gasteiger partial charge in [0.1, 0.15) is 24.0 Å². The van der Waals surface area contributed by atoms with Crippen LogP contribution in [0.5, 0.6) is 11.5 Å². The van der Waals surface area contributed by atoms with Crippen molar-refractivity contribution in [3.8, 4) is 61.8 Å². The predicted octanol–water partition coefficient (Wildman–Crippen LogP) is 17.5. The number of hydrogen-bond donors (Lipinski definition) is 0. The van der Waals surface area contributed by atoms with Crippen LogP contribution < -0.4 is 14.5 Å². The normalized spacial score (nSPS) is 12.5. The Hall–Kier alpha value is -8.67. The van der Waals surface area contributed by atoms with Gasteiger partial charge in [0, 0.05) is 51.5 Å². The van der Waals surface area contributed by atoms with E-state index in [1.807, 2.05) is 6.20 Å². The number of fused-ring (bicyclic) bond motifs is 4. The molecule has 0 radical (unpaired) electrons. The fourth-order valence-corrected chi connectivity index (χ4v) is 10.2. The third-order valence-electron chi connectivity index (χ3n) is 13.8. The first-order chi connectivity index (χ1) is 34.2. The quantitative estimate of drug-likeness (QED) is 0.144. The summed E-state index contributed by atoms with van der Waals surface area (Å²) in [6.45, 7) is 9.60. The monoisotopic (exact) mass is 904 g/mol. The van der Waals surface area contributed by atoms with Gasteiger partial charge in [-0.05, 0) is 106 Å².